The first-order valence-corrected chi connectivity index (χ1v) is 10.3. The maximum atomic E-state index is 4.50. The average molecular weight is 396 g/mol. The van der Waals surface area contributed by atoms with E-state index in [1.165, 1.54) is 5.56 Å². The van der Waals surface area contributed by atoms with Crippen LogP contribution in [-0.4, -0.2) is 66.1 Å². The number of nitrogens with one attached hydrogen (secondary N) is 2. The Morgan fingerprint density at radius 2 is 1.72 bits per heavy atom. The number of anilines is 1. The Balaban J connectivity index is 1.50. The van der Waals surface area contributed by atoms with Crippen LogP contribution in [0.4, 0.5) is 5.95 Å². The van der Waals surface area contributed by atoms with E-state index in [4.69, 9.17) is 0 Å². The lowest BCUT2D eigenvalue weighted by Crippen LogP contribution is -2.56. The summed E-state index contributed by atoms with van der Waals surface area (Å²) >= 11 is 0. The minimum atomic E-state index is -0.0785. The number of hydrogen-bond acceptors (Lipinski definition) is 5. The molecule has 1 saturated heterocycles. The van der Waals surface area contributed by atoms with Crippen molar-refractivity contribution in [1.29, 1.82) is 0 Å². The van der Waals surface area contributed by atoms with Crippen LogP contribution < -0.4 is 15.5 Å². The topological polar surface area (TPSA) is 68.7 Å². The van der Waals surface area contributed by atoms with Crippen molar-refractivity contribution < 1.29 is 0 Å². The molecule has 0 bridgehead atoms. The average Bonchev–Trinajstić information content (AvgIpc) is 2.75. The molecule has 0 spiro atoms. The monoisotopic (exact) mass is 395 g/mol. The van der Waals surface area contributed by atoms with Gasteiger partial charge >= 0.3 is 0 Å². The van der Waals surface area contributed by atoms with E-state index in [0.29, 0.717) is 0 Å². The summed E-state index contributed by atoms with van der Waals surface area (Å²) < 4.78 is 0. The van der Waals surface area contributed by atoms with Gasteiger partial charge in [0.25, 0.3) is 0 Å². The van der Waals surface area contributed by atoms with Gasteiger partial charge in [-0.25, -0.2) is 9.97 Å². The number of guanidine groups is 1. The highest BCUT2D eigenvalue weighted by Gasteiger charge is 2.24. The summed E-state index contributed by atoms with van der Waals surface area (Å²) in [4.78, 5) is 17.7. The minimum absolute atomic E-state index is 0.0785. The maximum absolute atomic E-state index is 4.50. The van der Waals surface area contributed by atoms with Crippen molar-refractivity contribution in [2.24, 2.45) is 4.99 Å². The van der Waals surface area contributed by atoms with Crippen molar-refractivity contribution in [3.8, 4) is 0 Å². The molecule has 1 aliphatic rings. The van der Waals surface area contributed by atoms with Crippen molar-refractivity contribution in [3.05, 3.63) is 54.4 Å². The third-order valence-electron chi connectivity index (χ3n) is 5.22. The van der Waals surface area contributed by atoms with Crippen molar-refractivity contribution in [3.63, 3.8) is 0 Å². The molecular weight excluding hydrogens is 362 g/mol. The molecule has 1 aromatic carbocycles. The van der Waals surface area contributed by atoms with Crippen LogP contribution in [0.2, 0.25) is 0 Å². The lowest BCUT2D eigenvalue weighted by atomic mass is 10.0. The summed E-state index contributed by atoms with van der Waals surface area (Å²) in [5, 5.41) is 7.28. The summed E-state index contributed by atoms with van der Waals surface area (Å²) in [5.74, 6) is 1.75. The molecule has 3 rings (SSSR count). The first-order valence-electron chi connectivity index (χ1n) is 10.3. The van der Waals surface area contributed by atoms with Gasteiger partial charge in [0.2, 0.25) is 5.95 Å². The number of nitrogens with zero attached hydrogens (tertiary/aromatic N) is 5. The molecule has 156 valence electrons. The predicted octanol–water partition coefficient (Wildman–Crippen LogP) is 2.30. The van der Waals surface area contributed by atoms with Crippen LogP contribution in [0.15, 0.2) is 53.8 Å². The molecule has 2 aromatic rings. The molecule has 7 nitrogen and oxygen atoms in total. The molecule has 1 atom stereocenters. The zero-order valence-corrected chi connectivity index (χ0v) is 18.0. The summed E-state index contributed by atoms with van der Waals surface area (Å²) in [6, 6.07) is 12.7. The van der Waals surface area contributed by atoms with Gasteiger partial charge in [0.05, 0.1) is 0 Å². The fourth-order valence-electron chi connectivity index (χ4n) is 3.67. The van der Waals surface area contributed by atoms with Gasteiger partial charge < -0.3 is 20.4 Å². The van der Waals surface area contributed by atoms with Crippen LogP contribution in [0, 0.1) is 0 Å². The molecule has 1 aromatic heterocycles. The summed E-state index contributed by atoms with van der Waals surface area (Å²) in [6.07, 6.45) is 3.58. The Morgan fingerprint density at radius 1 is 1.07 bits per heavy atom. The zero-order valence-electron chi connectivity index (χ0n) is 18.0. The van der Waals surface area contributed by atoms with Crippen molar-refractivity contribution in [1.82, 2.24) is 25.5 Å². The van der Waals surface area contributed by atoms with Gasteiger partial charge in [-0.05, 0) is 32.4 Å². The second-order valence-electron chi connectivity index (χ2n) is 8.08. The summed E-state index contributed by atoms with van der Waals surface area (Å²) in [7, 11) is 1.85. The molecule has 1 fully saturated rings. The van der Waals surface area contributed by atoms with E-state index in [1.807, 2.05) is 13.1 Å². The van der Waals surface area contributed by atoms with Crippen LogP contribution in [0.1, 0.15) is 32.4 Å². The van der Waals surface area contributed by atoms with E-state index in [2.05, 4.69) is 86.5 Å². The first-order chi connectivity index (χ1) is 14.0. The number of hydrogen-bond donors (Lipinski definition) is 2. The van der Waals surface area contributed by atoms with E-state index in [0.717, 1.165) is 44.6 Å². The highest BCUT2D eigenvalue weighted by Crippen LogP contribution is 2.16. The molecule has 2 N–H and O–H groups in total. The van der Waals surface area contributed by atoms with E-state index in [1.54, 1.807) is 12.4 Å². The number of rotatable bonds is 6. The SMILES string of the molecule is CN=C(NCC(C)(C)NC(C)c1ccccc1)N1CCN(c2ncccn2)CC1. The number of aromatic nitrogens is 2. The molecule has 0 aliphatic carbocycles. The Kier molecular flexibility index (Phi) is 7.04. The Labute approximate surface area is 174 Å². The van der Waals surface area contributed by atoms with Gasteiger partial charge in [-0.15, -0.1) is 0 Å². The van der Waals surface area contributed by atoms with Gasteiger partial charge in [0, 0.05) is 63.7 Å². The smallest absolute Gasteiger partial charge is 0.225 e. The quantitative estimate of drug-likeness (QED) is 0.578. The third kappa shape index (κ3) is 5.90. The second-order valence-corrected chi connectivity index (χ2v) is 8.08. The molecule has 29 heavy (non-hydrogen) atoms. The van der Waals surface area contributed by atoms with Gasteiger partial charge in [-0.1, -0.05) is 30.3 Å². The van der Waals surface area contributed by atoms with Crippen LogP contribution in [0.3, 0.4) is 0 Å². The van der Waals surface area contributed by atoms with Gasteiger partial charge in [-0.2, -0.15) is 0 Å². The largest absolute Gasteiger partial charge is 0.354 e. The molecule has 0 amide bonds. The van der Waals surface area contributed by atoms with Crippen LogP contribution in [0.5, 0.6) is 0 Å². The maximum Gasteiger partial charge on any atom is 0.225 e. The van der Waals surface area contributed by atoms with E-state index in [9.17, 15) is 0 Å². The van der Waals surface area contributed by atoms with Crippen LogP contribution in [0.25, 0.3) is 0 Å². The number of piperazine rings is 1. The van der Waals surface area contributed by atoms with E-state index < -0.39 is 0 Å². The lowest BCUT2D eigenvalue weighted by Gasteiger charge is -2.38. The summed E-state index contributed by atoms with van der Waals surface area (Å²) in [6.45, 7) is 11.0. The molecular formula is C22H33N7. The van der Waals surface area contributed by atoms with Crippen molar-refractivity contribution >= 4 is 11.9 Å². The zero-order chi connectivity index (χ0) is 20.7. The minimum Gasteiger partial charge on any atom is -0.354 e. The Hall–Kier alpha value is -2.67. The predicted molar refractivity (Wildman–Crippen MR) is 119 cm³/mol. The fourth-order valence-corrected chi connectivity index (χ4v) is 3.67. The number of aliphatic imine (C=N–C) groups is 1. The van der Waals surface area contributed by atoms with E-state index in [-0.39, 0.29) is 11.6 Å². The third-order valence-corrected chi connectivity index (χ3v) is 5.22. The van der Waals surface area contributed by atoms with Crippen molar-refractivity contribution in [2.45, 2.75) is 32.4 Å². The lowest BCUT2D eigenvalue weighted by molar-refractivity contribution is 0.328. The standard InChI is InChI=1S/C22H33N7/c1-18(19-9-6-5-7-10-19)27-22(2,3)17-26-20(23-4)28-13-15-29(16-14-28)21-24-11-8-12-25-21/h5-12,18,27H,13-17H2,1-4H3,(H,23,26). The Bertz CT molecular complexity index is 768. The first kappa shape index (κ1) is 21.0. The fraction of sp³-hybridized carbons (Fsp3) is 0.500. The van der Waals surface area contributed by atoms with Crippen LogP contribution in [-0.2, 0) is 0 Å². The van der Waals surface area contributed by atoms with Gasteiger partial charge in [0.15, 0.2) is 5.96 Å². The van der Waals surface area contributed by atoms with Crippen molar-refractivity contribution in [2.75, 3.05) is 44.7 Å². The second kappa shape index (κ2) is 9.69. The van der Waals surface area contributed by atoms with E-state index >= 15 is 0 Å². The highest BCUT2D eigenvalue weighted by atomic mass is 15.4. The summed E-state index contributed by atoms with van der Waals surface area (Å²) in [5.41, 5.74) is 1.22. The normalized spacial score (nSPS) is 16.6. The molecule has 0 radical (unpaired) electrons. The molecule has 7 heteroatoms. The number of benzene rings is 1. The van der Waals surface area contributed by atoms with Gasteiger partial charge in [0.1, 0.15) is 0 Å². The molecule has 1 aliphatic heterocycles. The Morgan fingerprint density at radius 3 is 2.34 bits per heavy atom. The molecule has 1 unspecified atom stereocenters. The molecule has 0 saturated carbocycles. The van der Waals surface area contributed by atoms with Crippen LogP contribution >= 0.6 is 0 Å². The molecule has 2 heterocycles. The highest BCUT2D eigenvalue weighted by molar-refractivity contribution is 5.80. The van der Waals surface area contributed by atoms with Gasteiger partial charge in [-0.3, -0.25) is 4.99 Å².